The zero-order chi connectivity index (χ0) is 3.54. The summed E-state index contributed by atoms with van der Waals surface area (Å²) >= 11 is 0. The molecule has 0 saturated carbocycles. The summed E-state index contributed by atoms with van der Waals surface area (Å²) in [4.78, 5) is 0. The SMILES string of the molecule is [C-]1=NSSS1.[Cu+]. The van der Waals surface area contributed by atoms with E-state index in [-0.39, 0.29) is 17.1 Å². The third-order valence-electron chi connectivity index (χ3n) is 0.176. The minimum Gasteiger partial charge on any atom is -0.417 e. The summed E-state index contributed by atoms with van der Waals surface area (Å²) in [5.41, 5.74) is 2.69. The van der Waals surface area contributed by atoms with Gasteiger partial charge in [0.05, 0.1) is 0 Å². The fraction of sp³-hybridized carbons (Fsp3) is 0. The molecule has 38 valence electrons. The van der Waals surface area contributed by atoms with Crippen LogP contribution in [0.2, 0.25) is 0 Å². The minimum atomic E-state index is 0. The summed E-state index contributed by atoms with van der Waals surface area (Å²) in [6.07, 6.45) is 0. The van der Waals surface area contributed by atoms with Crippen molar-refractivity contribution in [1.29, 1.82) is 0 Å². The molecule has 6 heavy (non-hydrogen) atoms. The Hall–Kier alpha value is 1.24. The summed E-state index contributed by atoms with van der Waals surface area (Å²) in [7, 11) is 4.63. The van der Waals surface area contributed by atoms with Gasteiger partial charge in [-0.05, 0) is 9.83 Å². The van der Waals surface area contributed by atoms with E-state index in [1.807, 2.05) is 0 Å². The van der Waals surface area contributed by atoms with Gasteiger partial charge in [-0.3, -0.25) is 10.8 Å². The van der Waals surface area contributed by atoms with Gasteiger partial charge in [0.2, 0.25) is 0 Å². The Morgan fingerprint density at radius 2 is 2.33 bits per heavy atom. The van der Waals surface area contributed by atoms with Crippen molar-refractivity contribution < 1.29 is 17.1 Å². The van der Waals surface area contributed by atoms with E-state index in [0.717, 1.165) is 0 Å². The van der Waals surface area contributed by atoms with Crippen molar-refractivity contribution in [3.05, 3.63) is 0 Å². The van der Waals surface area contributed by atoms with E-state index >= 15 is 0 Å². The van der Waals surface area contributed by atoms with E-state index in [2.05, 4.69) is 9.94 Å². The topological polar surface area (TPSA) is 12.4 Å². The third-order valence-corrected chi connectivity index (χ3v) is 2.75. The summed E-state index contributed by atoms with van der Waals surface area (Å²) in [6.45, 7) is 0. The Bertz CT molecular complexity index is 48.8. The Balaban J connectivity index is 0.000000250. The maximum Gasteiger partial charge on any atom is 1.00 e. The second-order valence-corrected chi connectivity index (χ2v) is 3.81. The summed E-state index contributed by atoms with van der Waals surface area (Å²) in [6, 6.07) is 0. The molecule has 0 spiro atoms. The maximum atomic E-state index is 3.68. The van der Waals surface area contributed by atoms with Crippen LogP contribution < -0.4 is 0 Å². The average Bonchev–Trinajstić information content (AvgIpc) is 1.76. The van der Waals surface area contributed by atoms with Crippen LogP contribution in [-0.4, -0.2) is 5.55 Å². The van der Waals surface area contributed by atoms with Crippen LogP contribution in [-0.2, 0) is 17.1 Å². The molecule has 0 aliphatic carbocycles. The van der Waals surface area contributed by atoms with Crippen LogP contribution >= 0.6 is 31.6 Å². The molecule has 1 rings (SSSR count). The molecule has 0 amide bonds. The monoisotopic (exact) mass is 185 g/mol. The van der Waals surface area contributed by atoms with Crippen LogP contribution in [0.15, 0.2) is 4.40 Å². The van der Waals surface area contributed by atoms with Crippen molar-refractivity contribution in [2.45, 2.75) is 0 Å². The molecule has 0 bridgehead atoms. The zero-order valence-corrected chi connectivity index (χ0v) is 5.86. The van der Waals surface area contributed by atoms with Crippen molar-refractivity contribution in [3.8, 4) is 0 Å². The molecule has 0 radical (unpaired) electrons. The van der Waals surface area contributed by atoms with Crippen molar-refractivity contribution in [1.82, 2.24) is 0 Å². The molecule has 0 aromatic carbocycles. The van der Waals surface area contributed by atoms with Crippen molar-refractivity contribution in [2.75, 3.05) is 0 Å². The van der Waals surface area contributed by atoms with Gasteiger partial charge < -0.3 is 9.94 Å². The van der Waals surface area contributed by atoms with E-state index in [1.54, 1.807) is 9.83 Å². The Kier molecular flexibility index (Phi) is 5.31. The second kappa shape index (κ2) is 4.40. The summed E-state index contributed by atoms with van der Waals surface area (Å²) < 4.78 is 3.68. The molecule has 0 saturated heterocycles. The Morgan fingerprint density at radius 3 is 2.50 bits per heavy atom. The number of rotatable bonds is 0. The van der Waals surface area contributed by atoms with Gasteiger partial charge in [0.1, 0.15) is 0 Å². The molecule has 0 N–H and O–H groups in total. The Morgan fingerprint density at radius 1 is 1.50 bits per heavy atom. The predicted molar refractivity (Wildman–Crippen MR) is 30.2 cm³/mol. The maximum absolute atomic E-state index is 3.68. The molecule has 1 aliphatic rings. The van der Waals surface area contributed by atoms with E-state index < -0.39 is 0 Å². The quantitative estimate of drug-likeness (QED) is 0.247. The molecule has 5 heteroatoms. The smallest absolute Gasteiger partial charge is 0.417 e. The first kappa shape index (κ1) is 7.24. The first-order valence-electron chi connectivity index (χ1n) is 0.944. The van der Waals surface area contributed by atoms with Gasteiger partial charge in [-0.2, -0.15) is 0 Å². The van der Waals surface area contributed by atoms with Crippen molar-refractivity contribution in [3.63, 3.8) is 0 Å². The minimum absolute atomic E-state index is 0. The van der Waals surface area contributed by atoms with Crippen LogP contribution in [0, 0.1) is 0 Å². The molecule has 0 aromatic heterocycles. The van der Waals surface area contributed by atoms with E-state index in [1.165, 1.54) is 21.8 Å². The van der Waals surface area contributed by atoms with Crippen molar-refractivity contribution in [2.24, 2.45) is 4.40 Å². The summed E-state index contributed by atoms with van der Waals surface area (Å²) in [5.74, 6) is 0. The van der Waals surface area contributed by atoms with Crippen LogP contribution in [0.25, 0.3) is 0 Å². The first-order chi connectivity index (χ1) is 2.50. The Labute approximate surface area is 58.5 Å². The van der Waals surface area contributed by atoms with Crippen LogP contribution in [0.3, 0.4) is 0 Å². The van der Waals surface area contributed by atoms with Gasteiger partial charge in [-0.1, -0.05) is 0 Å². The summed E-state index contributed by atoms with van der Waals surface area (Å²) in [5, 5.41) is 0. The molecule has 0 atom stereocenters. The molecule has 0 fully saturated rings. The van der Waals surface area contributed by atoms with Gasteiger partial charge in [-0.15, -0.1) is 0 Å². The molecule has 0 aromatic rings. The molecular weight excluding hydrogens is 186 g/mol. The molecule has 1 aliphatic heterocycles. The van der Waals surface area contributed by atoms with E-state index in [0.29, 0.717) is 0 Å². The van der Waals surface area contributed by atoms with Gasteiger partial charge in [-0.25, -0.2) is 0 Å². The zero-order valence-electron chi connectivity index (χ0n) is 2.47. The molecule has 1 heterocycles. The normalized spacial score (nSPS) is 17.3. The van der Waals surface area contributed by atoms with Crippen LogP contribution in [0.5, 0.6) is 0 Å². The largest absolute Gasteiger partial charge is 1.00 e. The number of nitrogens with zero attached hydrogens (tertiary/aromatic N) is 1. The predicted octanol–water partition coefficient (Wildman–Crippen LogP) is 1.85. The van der Waals surface area contributed by atoms with Gasteiger partial charge in [0.25, 0.3) is 0 Å². The molecular formula is CCuNS3. The third kappa shape index (κ3) is 2.42. The van der Waals surface area contributed by atoms with Gasteiger partial charge in [0.15, 0.2) is 0 Å². The standard InChI is InChI=1S/CNS3.Cu/c1-2-4-5-3-1;/q-1;+1. The number of hydrogen-bond acceptors (Lipinski definition) is 4. The second-order valence-electron chi connectivity index (χ2n) is 0.408. The fourth-order valence-electron chi connectivity index (χ4n) is 0.0761. The fourth-order valence-corrected chi connectivity index (χ4v) is 2.05. The van der Waals surface area contributed by atoms with Gasteiger partial charge >= 0.3 is 17.1 Å². The van der Waals surface area contributed by atoms with Crippen LogP contribution in [0.4, 0.5) is 0 Å². The van der Waals surface area contributed by atoms with Crippen LogP contribution in [0.1, 0.15) is 0 Å². The number of hydrogen-bond donors (Lipinski definition) is 0. The average molecular weight is 186 g/mol. The van der Waals surface area contributed by atoms with Gasteiger partial charge in [0, 0.05) is 11.0 Å². The van der Waals surface area contributed by atoms with E-state index in [4.69, 9.17) is 0 Å². The molecule has 0 unspecified atom stereocenters. The van der Waals surface area contributed by atoms with E-state index in [9.17, 15) is 0 Å². The molecule has 1 nitrogen and oxygen atoms in total. The van der Waals surface area contributed by atoms with Crippen molar-refractivity contribution >= 4 is 37.1 Å². The first-order valence-corrected chi connectivity index (χ1v) is 4.38.